The van der Waals surface area contributed by atoms with Crippen molar-refractivity contribution >= 4 is 11.6 Å². The molecule has 3 unspecified atom stereocenters. The van der Waals surface area contributed by atoms with Gasteiger partial charge >= 0.3 is 0 Å². The fourth-order valence-corrected chi connectivity index (χ4v) is 2.92. The summed E-state index contributed by atoms with van der Waals surface area (Å²) in [6.07, 6.45) is 5.97. The van der Waals surface area contributed by atoms with Gasteiger partial charge in [-0.15, -0.1) is 0 Å². The van der Waals surface area contributed by atoms with E-state index in [0.717, 1.165) is 12.8 Å². The predicted molar refractivity (Wildman–Crippen MR) is 74.7 cm³/mol. The van der Waals surface area contributed by atoms with Gasteiger partial charge in [0.15, 0.2) is 12.0 Å². The molecule has 0 bridgehead atoms. The van der Waals surface area contributed by atoms with Gasteiger partial charge in [-0.25, -0.2) is 0 Å². The number of ketones is 2. The summed E-state index contributed by atoms with van der Waals surface area (Å²) in [7, 11) is 0. The number of hydrogen-bond donors (Lipinski definition) is 1. The van der Waals surface area contributed by atoms with Crippen LogP contribution in [0.1, 0.15) is 59.3 Å². The van der Waals surface area contributed by atoms with Crippen molar-refractivity contribution in [3.8, 4) is 0 Å². The molecule has 4 nitrogen and oxygen atoms in total. The highest BCUT2D eigenvalue weighted by Gasteiger charge is 2.46. The zero-order chi connectivity index (χ0) is 14.4. The summed E-state index contributed by atoms with van der Waals surface area (Å²) >= 11 is 0. The van der Waals surface area contributed by atoms with Crippen LogP contribution in [0.2, 0.25) is 0 Å². The van der Waals surface area contributed by atoms with E-state index in [0.29, 0.717) is 6.54 Å². The van der Waals surface area contributed by atoms with Crippen LogP contribution in [0.25, 0.3) is 0 Å². The van der Waals surface area contributed by atoms with Crippen molar-refractivity contribution in [2.24, 2.45) is 5.92 Å². The molecule has 0 saturated carbocycles. The van der Waals surface area contributed by atoms with Gasteiger partial charge in [-0.3, -0.25) is 14.5 Å². The van der Waals surface area contributed by atoms with Crippen molar-refractivity contribution in [2.45, 2.75) is 71.6 Å². The van der Waals surface area contributed by atoms with E-state index >= 15 is 0 Å². The quantitative estimate of drug-likeness (QED) is 0.542. The van der Waals surface area contributed by atoms with Gasteiger partial charge in [-0.05, 0) is 20.3 Å². The lowest BCUT2D eigenvalue weighted by Gasteiger charge is -2.24. The average molecular weight is 269 g/mol. The maximum atomic E-state index is 11.8. The molecule has 0 aliphatic carbocycles. The second kappa shape index (κ2) is 7.75. The van der Waals surface area contributed by atoms with E-state index < -0.39 is 12.1 Å². The van der Waals surface area contributed by atoms with Gasteiger partial charge in [0.25, 0.3) is 0 Å². The Morgan fingerprint density at radius 2 is 1.79 bits per heavy atom. The van der Waals surface area contributed by atoms with E-state index in [-0.39, 0.29) is 17.6 Å². The fourth-order valence-electron chi connectivity index (χ4n) is 2.92. The van der Waals surface area contributed by atoms with Gasteiger partial charge in [-0.1, -0.05) is 39.0 Å². The van der Waals surface area contributed by atoms with Gasteiger partial charge in [0, 0.05) is 12.6 Å². The lowest BCUT2D eigenvalue weighted by Crippen LogP contribution is -2.37. The molecular weight excluding hydrogens is 242 g/mol. The second-order valence-electron chi connectivity index (χ2n) is 5.61. The Labute approximate surface area is 116 Å². The summed E-state index contributed by atoms with van der Waals surface area (Å²) in [4.78, 5) is 25.0. The van der Waals surface area contributed by atoms with E-state index in [1.807, 2.05) is 6.92 Å². The topological polar surface area (TPSA) is 57.6 Å². The predicted octanol–water partition coefficient (Wildman–Crippen LogP) is 2.14. The molecule has 1 fully saturated rings. The Morgan fingerprint density at radius 3 is 2.32 bits per heavy atom. The highest BCUT2D eigenvalue weighted by Crippen LogP contribution is 2.26. The minimum Gasteiger partial charge on any atom is -0.371 e. The Morgan fingerprint density at radius 1 is 1.21 bits per heavy atom. The first-order valence-electron chi connectivity index (χ1n) is 7.48. The summed E-state index contributed by atoms with van der Waals surface area (Å²) in [5.41, 5.74) is 0. The van der Waals surface area contributed by atoms with E-state index in [4.69, 9.17) is 0 Å². The molecule has 1 aliphatic rings. The van der Waals surface area contributed by atoms with Gasteiger partial charge in [0.1, 0.15) is 5.78 Å². The maximum absolute atomic E-state index is 11.8. The van der Waals surface area contributed by atoms with Crippen LogP contribution in [0.15, 0.2) is 0 Å². The number of aliphatic hydroxyl groups is 1. The largest absolute Gasteiger partial charge is 0.371 e. The first kappa shape index (κ1) is 16.3. The molecule has 1 rings (SSSR count). The number of likely N-dealkylation sites (tertiary alicyclic amines) is 1. The van der Waals surface area contributed by atoms with Crippen LogP contribution >= 0.6 is 0 Å². The monoisotopic (exact) mass is 269 g/mol. The van der Waals surface area contributed by atoms with Crippen LogP contribution in [0.3, 0.4) is 0 Å². The highest BCUT2D eigenvalue weighted by atomic mass is 16.3. The smallest absolute Gasteiger partial charge is 0.188 e. The molecule has 0 aromatic rings. The van der Waals surface area contributed by atoms with E-state index in [1.165, 1.54) is 32.6 Å². The van der Waals surface area contributed by atoms with E-state index in [9.17, 15) is 14.7 Å². The highest BCUT2D eigenvalue weighted by molar-refractivity contribution is 6.05. The second-order valence-corrected chi connectivity index (χ2v) is 5.61. The van der Waals surface area contributed by atoms with Crippen molar-refractivity contribution in [2.75, 3.05) is 6.54 Å². The minimum atomic E-state index is -1.08. The van der Waals surface area contributed by atoms with Gasteiger partial charge in [0.2, 0.25) is 0 Å². The third-order valence-electron chi connectivity index (χ3n) is 4.09. The Balaban J connectivity index is 2.37. The number of carbonyl (C=O) groups is 2. The molecule has 19 heavy (non-hydrogen) atoms. The van der Waals surface area contributed by atoms with Gasteiger partial charge in [-0.2, -0.15) is 0 Å². The minimum absolute atomic E-state index is 0.137. The molecule has 1 heterocycles. The fraction of sp³-hybridized carbons (Fsp3) is 0.867. The molecule has 1 saturated heterocycles. The Kier molecular flexibility index (Phi) is 6.66. The van der Waals surface area contributed by atoms with Crippen molar-refractivity contribution in [1.29, 1.82) is 0 Å². The van der Waals surface area contributed by atoms with Crippen LogP contribution in [-0.4, -0.2) is 40.4 Å². The molecule has 1 N–H and O–H groups in total. The summed E-state index contributed by atoms with van der Waals surface area (Å²) in [6.45, 7) is 6.18. The SMILES string of the molecule is CCCCCCCCN1C(O)C(=O)C(C(C)=O)C1C. The first-order valence-corrected chi connectivity index (χ1v) is 7.48. The van der Waals surface area contributed by atoms with Crippen LogP contribution in [0.4, 0.5) is 0 Å². The third kappa shape index (κ3) is 4.11. The molecule has 0 radical (unpaired) electrons. The average Bonchev–Trinajstić information content (AvgIpc) is 2.56. The van der Waals surface area contributed by atoms with Crippen LogP contribution in [0.5, 0.6) is 0 Å². The Bertz CT molecular complexity index is 317. The molecule has 0 aromatic heterocycles. The number of unbranched alkanes of at least 4 members (excludes halogenated alkanes) is 5. The number of carbonyl (C=O) groups excluding carboxylic acids is 2. The number of hydrogen-bond acceptors (Lipinski definition) is 4. The molecule has 1 aliphatic heterocycles. The van der Waals surface area contributed by atoms with E-state index in [2.05, 4.69) is 6.92 Å². The number of Topliss-reactive ketones (excluding diaryl/α,β-unsaturated/α-hetero) is 2. The lowest BCUT2D eigenvalue weighted by atomic mass is 9.96. The molecule has 3 atom stereocenters. The molecule has 0 amide bonds. The summed E-state index contributed by atoms with van der Waals surface area (Å²) < 4.78 is 0. The molecule has 0 spiro atoms. The zero-order valence-electron chi connectivity index (χ0n) is 12.4. The standard InChI is InChI=1S/C15H27NO3/c1-4-5-6-7-8-9-10-16-11(2)13(12(3)17)14(18)15(16)19/h11,13,15,19H,4-10H2,1-3H3. The molecular formula is C15H27NO3. The molecule has 4 heteroatoms. The van der Waals surface area contributed by atoms with Crippen LogP contribution in [0, 0.1) is 5.92 Å². The van der Waals surface area contributed by atoms with Crippen molar-refractivity contribution in [3.63, 3.8) is 0 Å². The van der Waals surface area contributed by atoms with Crippen LogP contribution in [-0.2, 0) is 9.59 Å². The molecule has 110 valence electrons. The lowest BCUT2D eigenvalue weighted by molar-refractivity contribution is -0.135. The number of rotatable bonds is 8. The zero-order valence-corrected chi connectivity index (χ0v) is 12.4. The normalized spacial score (nSPS) is 28.0. The summed E-state index contributed by atoms with van der Waals surface area (Å²) in [5, 5.41) is 9.91. The van der Waals surface area contributed by atoms with Crippen LogP contribution < -0.4 is 0 Å². The summed E-state index contributed by atoms with van der Waals surface area (Å²) in [6, 6.07) is -0.171. The molecule has 0 aromatic carbocycles. The summed E-state index contributed by atoms with van der Waals surface area (Å²) in [5.74, 6) is -1.11. The van der Waals surface area contributed by atoms with Crippen molar-refractivity contribution in [3.05, 3.63) is 0 Å². The van der Waals surface area contributed by atoms with Crippen molar-refractivity contribution in [1.82, 2.24) is 4.90 Å². The third-order valence-corrected chi connectivity index (χ3v) is 4.09. The Hall–Kier alpha value is -0.740. The number of nitrogens with zero attached hydrogens (tertiary/aromatic N) is 1. The van der Waals surface area contributed by atoms with Gasteiger partial charge < -0.3 is 5.11 Å². The number of aliphatic hydroxyl groups excluding tert-OH is 1. The van der Waals surface area contributed by atoms with Crippen molar-refractivity contribution < 1.29 is 14.7 Å². The van der Waals surface area contributed by atoms with Gasteiger partial charge in [0.05, 0.1) is 5.92 Å². The van der Waals surface area contributed by atoms with E-state index in [1.54, 1.807) is 4.90 Å². The first-order chi connectivity index (χ1) is 9.00. The maximum Gasteiger partial charge on any atom is 0.188 e.